The molecule has 0 saturated carbocycles. The summed E-state index contributed by atoms with van der Waals surface area (Å²) in [4.78, 5) is 12.5. The van der Waals surface area contributed by atoms with Gasteiger partial charge >= 0.3 is 0 Å². The number of halogens is 3. The lowest BCUT2D eigenvalue weighted by Crippen LogP contribution is -2.16. The number of hydrogen-bond donors (Lipinski definition) is 1. The SMILES string of the molecule is N#Cc1c(F)c[nH]c(=O)c1C(F)F. The predicted octanol–water partition coefficient (Wildman–Crippen LogP) is 1.32. The van der Waals surface area contributed by atoms with Crippen LogP contribution in [0.5, 0.6) is 0 Å². The average molecular weight is 188 g/mol. The van der Waals surface area contributed by atoms with Crippen LogP contribution in [0, 0.1) is 17.1 Å². The molecule has 1 aromatic rings. The second-order valence-corrected chi connectivity index (χ2v) is 2.17. The summed E-state index contributed by atoms with van der Waals surface area (Å²) in [5.74, 6) is -1.16. The maximum atomic E-state index is 12.7. The molecular formula is C7H3F3N2O. The van der Waals surface area contributed by atoms with Gasteiger partial charge in [0.15, 0.2) is 5.82 Å². The topological polar surface area (TPSA) is 56.6 Å². The Morgan fingerprint density at radius 2 is 2.15 bits per heavy atom. The largest absolute Gasteiger partial charge is 0.326 e. The molecule has 1 heterocycles. The van der Waals surface area contributed by atoms with Crippen molar-refractivity contribution in [1.82, 2.24) is 4.98 Å². The van der Waals surface area contributed by atoms with E-state index in [2.05, 4.69) is 0 Å². The van der Waals surface area contributed by atoms with E-state index in [9.17, 15) is 18.0 Å². The van der Waals surface area contributed by atoms with Gasteiger partial charge in [-0.3, -0.25) is 4.79 Å². The van der Waals surface area contributed by atoms with E-state index in [4.69, 9.17) is 5.26 Å². The Bertz CT molecular complexity index is 419. The highest BCUT2D eigenvalue weighted by Crippen LogP contribution is 2.19. The van der Waals surface area contributed by atoms with Crippen molar-refractivity contribution in [2.45, 2.75) is 6.43 Å². The molecule has 3 nitrogen and oxygen atoms in total. The number of alkyl halides is 2. The van der Waals surface area contributed by atoms with Crippen molar-refractivity contribution in [2.24, 2.45) is 0 Å². The van der Waals surface area contributed by atoms with E-state index in [1.54, 1.807) is 4.98 Å². The molecule has 0 bridgehead atoms. The number of aromatic nitrogens is 1. The standard InChI is InChI=1S/C7H3F3N2O/c8-4-2-12-7(13)5(6(9)10)3(4)1-11/h2,6H,(H,12,13). The van der Waals surface area contributed by atoms with Crippen LogP contribution < -0.4 is 5.56 Å². The number of nitrogens with zero attached hydrogens (tertiary/aromatic N) is 1. The molecule has 0 aliphatic carbocycles. The second kappa shape index (κ2) is 3.31. The summed E-state index contributed by atoms with van der Waals surface area (Å²) >= 11 is 0. The lowest BCUT2D eigenvalue weighted by atomic mass is 10.1. The molecule has 1 rings (SSSR count). The highest BCUT2D eigenvalue weighted by Gasteiger charge is 2.20. The molecule has 0 amide bonds. The van der Waals surface area contributed by atoms with Crippen LogP contribution in [0.1, 0.15) is 17.6 Å². The molecule has 13 heavy (non-hydrogen) atoms. The summed E-state index contributed by atoms with van der Waals surface area (Å²) in [5, 5.41) is 8.30. The molecule has 0 atom stereocenters. The minimum Gasteiger partial charge on any atom is -0.326 e. The van der Waals surface area contributed by atoms with Crippen molar-refractivity contribution < 1.29 is 13.2 Å². The van der Waals surface area contributed by atoms with Crippen LogP contribution >= 0.6 is 0 Å². The van der Waals surface area contributed by atoms with E-state index in [-0.39, 0.29) is 0 Å². The Balaban J connectivity index is 3.56. The number of pyridine rings is 1. The third kappa shape index (κ3) is 1.54. The van der Waals surface area contributed by atoms with Gasteiger partial charge < -0.3 is 4.98 Å². The molecule has 0 fully saturated rings. The van der Waals surface area contributed by atoms with Crippen molar-refractivity contribution in [3.05, 3.63) is 33.5 Å². The van der Waals surface area contributed by atoms with Gasteiger partial charge in [-0.05, 0) is 0 Å². The molecule has 0 unspecified atom stereocenters. The minimum absolute atomic E-state index is 0.576. The van der Waals surface area contributed by atoms with Gasteiger partial charge in [0.1, 0.15) is 17.2 Å². The van der Waals surface area contributed by atoms with Crippen LogP contribution in [-0.2, 0) is 0 Å². The van der Waals surface area contributed by atoms with E-state index in [0.717, 1.165) is 0 Å². The summed E-state index contributed by atoms with van der Waals surface area (Å²) in [7, 11) is 0. The lowest BCUT2D eigenvalue weighted by molar-refractivity contribution is 0.148. The fraction of sp³-hybridized carbons (Fsp3) is 0.143. The Morgan fingerprint density at radius 3 is 2.54 bits per heavy atom. The zero-order valence-corrected chi connectivity index (χ0v) is 6.14. The Morgan fingerprint density at radius 1 is 1.54 bits per heavy atom. The average Bonchev–Trinajstić information content (AvgIpc) is 2.07. The van der Waals surface area contributed by atoms with Crippen LogP contribution in [0.15, 0.2) is 11.0 Å². The van der Waals surface area contributed by atoms with Crippen LogP contribution in [0.25, 0.3) is 0 Å². The van der Waals surface area contributed by atoms with Crippen LogP contribution in [0.2, 0.25) is 0 Å². The van der Waals surface area contributed by atoms with E-state index in [1.165, 1.54) is 6.07 Å². The molecule has 0 spiro atoms. The Labute approximate surface area is 70.4 Å². The van der Waals surface area contributed by atoms with Gasteiger partial charge in [0.05, 0.1) is 0 Å². The maximum Gasteiger partial charge on any atom is 0.270 e. The second-order valence-electron chi connectivity index (χ2n) is 2.17. The molecule has 0 aromatic carbocycles. The molecule has 0 aliphatic rings. The number of hydrogen-bond acceptors (Lipinski definition) is 2. The molecule has 68 valence electrons. The van der Waals surface area contributed by atoms with Gasteiger partial charge in [-0.2, -0.15) is 5.26 Å². The summed E-state index contributed by atoms with van der Waals surface area (Å²) in [6, 6.07) is 1.21. The van der Waals surface area contributed by atoms with Crippen molar-refractivity contribution in [1.29, 1.82) is 5.26 Å². The first-order chi connectivity index (χ1) is 6.07. The van der Waals surface area contributed by atoms with Crippen LogP contribution in [0.3, 0.4) is 0 Å². The van der Waals surface area contributed by atoms with E-state index >= 15 is 0 Å². The molecule has 0 saturated heterocycles. The predicted molar refractivity (Wildman–Crippen MR) is 36.7 cm³/mol. The fourth-order valence-electron chi connectivity index (χ4n) is 0.843. The molecule has 0 aliphatic heterocycles. The maximum absolute atomic E-state index is 12.7. The van der Waals surface area contributed by atoms with E-state index in [1.807, 2.05) is 0 Å². The zero-order valence-electron chi connectivity index (χ0n) is 6.14. The highest BCUT2D eigenvalue weighted by atomic mass is 19.3. The third-order valence-electron chi connectivity index (χ3n) is 1.41. The zero-order chi connectivity index (χ0) is 10.0. The smallest absolute Gasteiger partial charge is 0.270 e. The molecule has 1 N–H and O–H groups in total. The quantitative estimate of drug-likeness (QED) is 0.722. The molecule has 1 aromatic heterocycles. The first-order valence-electron chi connectivity index (χ1n) is 3.17. The molecule has 6 heteroatoms. The minimum atomic E-state index is -3.16. The summed E-state index contributed by atoms with van der Waals surface area (Å²) in [6.45, 7) is 0. The molecule has 0 radical (unpaired) electrons. The number of rotatable bonds is 1. The summed E-state index contributed by atoms with van der Waals surface area (Å²) in [6.07, 6.45) is -2.58. The third-order valence-corrected chi connectivity index (χ3v) is 1.41. The van der Waals surface area contributed by atoms with Gasteiger partial charge in [0.2, 0.25) is 0 Å². The van der Waals surface area contributed by atoms with E-state index < -0.39 is 28.9 Å². The summed E-state index contributed by atoms with van der Waals surface area (Å²) in [5.41, 5.74) is -3.17. The first kappa shape index (κ1) is 9.32. The lowest BCUT2D eigenvalue weighted by Gasteiger charge is -2.00. The fourth-order valence-corrected chi connectivity index (χ4v) is 0.843. The molecular weight excluding hydrogens is 185 g/mol. The van der Waals surface area contributed by atoms with Crippen LogP contribution in [-0.4, -0.2) is 4.98 Å². The number of nitrogens with one attached hydrogen (secondary N) is 1. The highest BCUT2D eigenvalue weighted by molar-refractivity contribution is 5.37. The van der Waals surface area contributed by atoms with Gasteiger partial charge in [0, 0.05) is 6.20 Å². The monoisotopic (exact) mass is 188 g/mol. The Hall–Kier alpha value is -1.77. The normalized spacial score (nSPS) is 10.1. The van der Waals surface area contributed by atoms with Gasteiger partial charge in [-0.15, -0.1) is 0 Å². The first-order valence-corrected chi connectivity index (χ1v) is 3.17. The number of aromatic amines is 1. The van der Waals surface area contributed by atoms with Gasteiger partial charge in [-0.25, -0.2) is 13.2 Å². The van der Waals surface area contributed by atoms with Crippen molar-refractivity contribution in [2.75, 3.05) is 0 Å². The van der Waals surface area contributed by atoms with Crippen molar-refractivity contribution >= 4 is 0 Å². The van der Waals surface area contributed by atoms with Crippen molar-refractivity contribution in [3.8, 4) is 6.07 Å². The Kier molecular flexibility index (Phi) is 2.37. The van der Waals surface area contributed by atoms with Crippen LogP contribution in [0.4, 0.5) is 13.2 Å². The number of H-pyrrole nitrogens is 1. The van der Waals surface area contributed by atoms with E-state index in [0.29, 0.717) is 6.20 Å². The summed E-state index contributed by atoms with van der Waals surface area (Å²) < 4.78 is 36.9. The van der Waals surface area contributed by atoms with Gasteiger partial charge in [-0.1, -0.05) is 0 Å². The van der Waals surface area contributed by atoms with Gasteiger partial charge in [0.25, 0.3) is 12.0 Å². The van der Waals surface area contributed by atoms with Crippen molar-refractivity contribution in [3.63, 3.8) is 0 Å². The number of nitriles is 1.